The Hall–Kier alpha value is -1.55. The van der Waals surface area contributed by atoms with Crippen molar-refractivity contribution in [3.63, 3.8) is 0 Å². The molecule has 0 radical (unpaired) electrons. The molecular formula is C11H13ClN2O2. The van der Waals surface area contributed by atoms with Gasteiger partial charge in [-0.15, -0.1) is 5.16 Å². The van der Waals surface area contributed by atoms with Crippen LogP contribution in [0.15, 0.2) is 34.6 Å². The lowest BCUT2D eigenvalue weighted by Crippen LogP contribution is -1.95. The summed E-state index contributed by atoms with van der Waals surface area (Å²) in [6.07, 6.45) is 1.82. The van der Waals surface area contributed by atoms with Gasteiger partial charge in [0.25, 0.3) is 0 Å². The molecule has 0 unspecified atom stereocenters. The van der Waals surface area contributed by atoms with Gasteiger partial charge in [0.2, 0.25) is 0 Å². The Labute approximate surface area is 99.2 Å². The lowest BCUT2D eigenvalue weighted by Gasteiger charge is -2.01. The zero-order chi connectivity index (χ0) is 11.8. The molecule has 0 heterocycles. The summed E-state index contributed by atoms with van der Waals surface area (Å²) in [7, 11) is 0. The second-order valence-corrected chi connectivity index (χ2v) is 3.67. The molecule has 0 fully saturated rings. The Morgan fingerprint density at radius 2 is 2.12 bits per heavy atom. The molecule has 4 nitrogen and oxygen atoms in total. The molecule has 0 saturated heterocycles. The van der Waals surface area contributed by atoms with E-state index in [1.54, 1.807) is 19.1 Å². The highest BCUT2D eigenvalue weighted by atomic mass is 35.5. The van der Waals surface area contributed by atoms with Crippen LogP contribution >= 0.6 is 11.6 Å². The van der Waals surface area contributed by atoms with E-state index in [0.717, 1.165) is 11.3 Å². The lowest BCUT2D eigenvalue weighted by atomic mass is 10.2. The monoisotopic (exact) mass is 240 g/mol. The standard InChI is InChI=1S/C11H13ClN2O2/c1-9(6-7-13-15)14-16-8-10-2-4-11(12)5-3-10/h2-5,7,15H,6,8H2,1H3/b13-7+,14-9+. The van der Waals surface area contributed by atoms with E-state index < -0.39 is 0 Å². The largest absolute Gasteiger partial charge is 0.411 e. The van der Waals surface area contributed by atoms with E-state index in [1.165, 1.54) is 6.21 Å². The van der Waals surface area contributed by atoms with Crippen LogP contribution in [-0.4, -0.2) is 17.1 Å². The predicted molar refractivity (Wildman–Crippen MR) is 64.2 cm³/mol. The molecule has 0 aliphatic heterocycles. The first-order chi connectivity index (χ1) is 7.72. The van der Waals surface area contributed by atoms with Crippen molar-refractivity contribution in [2.75, 3.05) is 0 Å². The average molecular weight is 241 g/mol. The van der Waals surface area contributed by atoms with Crippen LogP contribution in [-0.2, 0) is 11.4 Å². The second-order valence-electron chi connectivity index (χ2n) is 3.23. The van der Waals surface area contributed by atoms with Crippen LogP contribution in [0, 0.1) is 0 Å². The van der Waals surface area contributed by atoms with Gasteiger partial charge in [-0.1, -0.05) is 28.9 Å². The topological polar surface area (TPSA) is 54.2 Å². The van der Waals surface area contributed by atoms with Gasteiger partial charge in [-0.05, 0) is 24.6 Å². The second kappa shape index (κ2) is 6.85. The number of halogens is 1. The molecule has 0 saturated carbocycles. The quantitative estimate of drug-likeness (QED) is 0.489. The van der Waals surface area contributed by atoms with Crippen molar-refractivity contribution in [1.82, 2.24) is 0 Å². The maximum atomic E-state index is 8.21. The van der Waals surface area contributed by atoms with Crippen molar-refractivity contribution in [3.8, 4) is 0 Å². The van der Waals surface area contributed by atoms with Gasteiger partial charge in [0.05, 0.1) is 5.71 Å². The molecule has 5 heteroatoms. The fourth-order valence-corrected chi connectivity index (χ4v) is 1.13. The summed E-state index contributed by atoms with van der Waals surface area (Å²) in [5.41, 5.74) is 1.74. The van der Waals surface area contributed by atoms with Gasteiger partial charge in [0.15, 0.2) is 0 Å². The van der Waals surface area contributed by atoms with Gasteiger partial charge in [-0.2, -0.15) is 0 Å². The van der Waals surface area contributed by atoms with Gasteiger partial charge in [0.1, 0.15) is 6.61 Å². The van der Waals surface area contributed by atoms with Crippen LogP contribution in [0.5, 0.6) is 0 Å². The van der Waals surface area contributed by atoms with Gasteiger partial charge in [0, 0.05) is 17.7 Å². The van der Waals surface area contributed by atoms with Crippen LogP contribution in [0.2, 0.25) is 5.02 Å². The fraction of sp³-hybridized carbons (Fsp3) is 0.273. The first-order valence-corrected chi connectivity index (χ1v) is 5.16. The summed E-state index contributed by atoms with van der Waals surface area (Å²) < 4.78 is 0. The molecule has 0 atom stereocenters. The number of rotatable bonds is 5. The number of oxime groups is 2. The number of benzene rings is 1. The van der Waals surface area contributed by atoms with E-state index in [1.807, 2.05) is 12.1 Å². The molecule has 0 aliphatic carbocycles. The third kappa shape index (κ3) is 4.79. The van der Waals surface area contributed by atoms with Crippen molar-refractivity contribution in [2.45, 2.75) is 20.0 Å². The molecule has 0 bridgehead atoms. The normalized spacial score (nSPS) is 12.0. The van der Waals surface area contributed by atoms with Crippen molar-refractivity contribution >= 4 is 23.5 Å². The molecule has 0 aliphatic rings. The minimum Gasteiger partial charge on any atom is -0.411 e. The molecule has 1 N–H and O–H groups in total. The van der Waals surface area contributed by atoms with Gasteiger partial charge >= 0.3 is 0 Å². The Morgan fingerprint density at radius 1 is 1.44 bits per heavy atom. The first kappa shape index (κ1) is 12.5. The van der Waals surface area contributed by atoms with Crippen molar-refractivity contribution in [1.29, 1.82) is 0 Å². The third-order valence-corrected chi connectivity index (χ3v) is 2.09. The van der Waals surface area contributed by atoms with Crippen LogP contribution in [0.3, 0.4) is 0 Å². The minimum absolute atomic E-state index is 0.394. The summed E-state index contributed by atoms with van der Waals surface area (Å²) in [6.45, 7) is 2.19. The van der Waals surface area contributed by atoms with Crippen molar-refractivity contribution in [3.05, 3.63) is 34.9 Å². The fourth-order valence-electron chi connectivity index (χ4n) is 1.01. The summed E-state index contributed by atoms with van der Waals surface area (Å²) >= 11 is 5.75. The smallest absolute Gasteiger partial charge is 0.142 e. The highest BCUT2D eigenvalue weighted by Gasteiger charge is 1.94. The SMILES string of the molecule is C/C(C/C=N/O)=N\OCc1ccc(Cl)cc1. The van der Waals surface area contributed by atoms with Crippen molar-refractivity contribution < 1.29 is 10.0 Å². The molecule has 1 aromatic rings. The predicted octanol–water partition coefficient (Wildman–Crippen LogP) is 3.08. The van der Waals surface area contributed by atoms with Crippen LogP contribution in [0.25, 0.3) is 0 Å². The number of hydrogen-bond donors (Lipinski definition) is 1. The maximum Gasteiger partial charge on any atom is 0.142 e. The van der Waals surface area contributed by atoms with Crippen molar-refractivity contribution in [2.24, 2.45) is 10.3 Å². The van der Waals surface area contributed by atoms with E-state index in [0.29, 0.717) is 18.1 Å². The molecule has 0 amide bonds. The molecule has 86 valence electrons. The zero-order valence-electron chi connectivity index (χ0n) is 8.93. The average Bonchev–Trinajstić information content (AvgIpc) is 2.29. The molecule has 1 rings (SSSR count). The Kier molecular flexibility index (Phi) is 5.36. The third-order valence-electron chi connectivity index (χ3n) is 1.83. The molecule has 16 heavy (non-hydrogen) atoms. The molecule has 0 spiro atoms. The minimum atomic E-state index is 0.394. The lowest BCUT2D eigenvalue weighted by molar-refractivity contribution is 0.130. The molecular weight excluding hydrogens is 228 g/mol. The Balaban J connectivity index is 2.37. The Morgan fingerprint density at radius 3 is 2.75 bits per heavy atom. The highest BCUT2D eigenvalue weighted by molar-refractivity contribution is 6.30. The summed E-state index contributed by atoms with van der Waals surface area (Å²) in [5, 5.41) is 15.6. The summed E-state index contributed by atoms with van der Waals surface area (Å²) in [4.78, 5) is 5.12. The van der Waals surface area contributed by atoms with Gasteiger partial charge in [-0.3, -0.25) is 0 Å². The summed E-state index contributed by atoms with van der Waals surface area (Å²) in [5.74, 6) is 0. The van der Waals surface area contributed by atoms with Gasteiger partial charge < -0.3 is 10.0 Å². The number of nitrogens with zero attached hydrogens (tertiary/aromatic N) is 2. The van der Waals surface area contributed by atoms with Crippen LogP contribution in [0.1, 0.15) is 18.9 Å². The maximum absolute atomic E-state index is 8.21. The van der Waals surface area contributed by atoms with Gasteiger partial charge in [-0.25, -0.2) is 0 Å². The molecule has 1 aromatic carbocycles. The van der Waals surface area contributed by atoms with E-state index in [-0.39, 0.29) is 0 Å². The number of hydrogen-bond acceptors (Lipinski definition) is 4. The van der Waals surface area contributed by atoms with E-state index in [9.17, 15) is 0 Å². The summed E-state index contributed by atoms with van der Waals surface area (Å²) in [6, 6.07) is 7.36. The Bertz CT molecular complexity index is 374. The van der Waals surface area contributed by atoms with Crippen LogP contribution in [0.4, 0.5) is 0 Å². The highest BCUT2D eigenvalue weighted by Crippen LogP contribution is 2.10. The van der Waals surface area contributed by atoms with E-state index in [2.05, 4.69) is 10.3 Å². The molecule has 0 aromatic heterocycles. The van der Waals surface area contributed by atoms with Crippen LogP contribution < -0.4 is 0 Å². The zero-order valence-corrected chi connectivity index (χ0v) is 9.68. The van der Waals surface area contributed by atoms with E-state index >= 15 is 0 Å². The van der Waals surface area contributed by atoms with E-state index in [4.69, 9.17) is 21.6 Å². The first-order valence-electron chi connectivity index (χ1n) is 4.78.